The quantitative estimate of drug-likeness (QED) is 0.947. The monoisotopic (exact) mass is 295 g/mol. The van der Waals surface area contributed by atoms with Crippen molar-refractivity contribution in [3.63, 3.8) is 0 Å². The minimum absolute atomic E-state index is 0.0943. The SMILES string of the molecule is O=C(O)[C@H]1CCN(C(=O)c2ccccc2-c2ccccc2)C1. The molecule has 0 unspecified atom stereocenters. The number of amides is 1. The average Bonchev–Trinajstić information content (AvgIpc) is 3.05. The van der Waals surface area contributed by atoms with E-state index in [1.807, 2.05) is 48.5 Å². The molecule has 3 rings (SSSR count). The molecule has 112 valence electrons. The van der Waals surface area contributed by atoms with Gasteiger partial charge in [0.25, 0.3) is 5.91 Å². The number of likely N-dealkylation sites (tertiary alicyclic amines) is 1. The summed E-state index contributed by atoms with van der Waals surface area (Å²) in [5.41, 5.74) is 2.49. The Bertz CT molecular complexity index is 696. The first-order chi connectivity index (χ1) is 10.7. The summed E-state index contributed by atoms with van der Waals surface area (Å²) in [6, 6.07) is 17.2. The maximum Gasteiger partial charge on any atom is 0.308 e. The lowest BCUT2D eigenvalue weighted by Gasteiger charge is -2.18. The molecular weight excluding hydrogens is 278 g/mol. The van der Waals surface area contributed by atoms with Crippen LogP contribution in [0.15, 0.2) is 54.6 Å². The van der Waals surface area contributed by atoms with E-state index in [-0.39, 0.29) is 12.5 Å². The van der Waals surface area contributed by atoms with Crippen molar-refractivity contribution in [1.29, 1.82) is 0 Å². The summed E-state index contributed by atoms with van der Waals surface area (Å²) in [5, 5.41) is 9.08. The van der Waals surface area contributed by atoms with Crippen LogP contribution in [-0.2, 0) is 4.79 Å². The van der Waals surface area contributed by atoms with Gasteiger partial charge in [0.2, 0.25) is 0 Å². The predicted octanol–water partition coefficient (Wildman–Crippen LogP) is 2.90. The molecule has 0 aliphatic carbocycles. The van der Waals surface area contributed by atoms with E-state index in [1.165, 1.54) is 0 Å². The van der Waals surface area contributed by atoms with Crippen LogP contribution in [0.1, 0.15) is 16.8 Å². The third-order valence-electron chi connectivity index (χ3n) is 4.07. The molecule has 22 heavy (non-hydrogen) atoms. The lowest BCUT2D eigenvalue weighted by molar-refractivity contribution is -0.141. The zero-order valence-electron chi connectivity index (χ0n) is 12.1. The van der Waals surface area contributed by atoms with Gasteiger partial charge in [0.05, 0.1) is 5.92 Å². The summed E-state index contributed by atoms with van der Waals surface area (Å²) >= 11 is 0. The molecule has 1 atom stereocenters. The third-order valence-corrected chi connectivity index (χ3v) is 4.07. The smallest absolute Gasteiger partial charge is 0.308 e. The molecule has 4 heteroatoms. The maximum atomic E-state index is 12.7. The molecule has 0 saturated carbocycles. The second-order valence-electron chi connectivity index (χ2n) is 5.49. The second kappa shape index (κ2) is 6.02. The Labute approximate surface area is 129 Å². The minimum atomic E-state index is -0.827. The molecule has 1 N–H and O–H groups in total. The van der Waals surface area contributed by atoms with Gasteiger partial charge in [-0.25, -0.2) is 0 Å². The molecule has 1 fully saturated rings. The highest BCUT2D eigenvalue weighted by atomic mass is 16.4. The number of carboxylic acid groups (broad SMARTS) is 1. The van der Waals surface area contributed by atoms with Crippen molar-refractivity contribution in [2.45, 2.75) is 6.42 Å². The molecule has 1 saturated heterocycles. The number of carbonyl (C=O) groups excluding carboxylic acids is 1. The number of rotatable bonds is 3. The van der Waals surface area contributed by atoms with Gasteiger partial charge in [-0.1, -0.05) is 48.5 Å². The van der Waals surface area contributed by atoms with Crippen molar-refractivity contribution in [1.82, 2.24) is 4.90 Å². The Balaban J connectivity index is 1.90. The Hall–Kier alpha value is -2.62. The van der Waals surface area contributed by atoms with Gasteiger partial charge >= 0.3 is 5.97 Å². The molecule has 0 radical (unpaired) electrons. The predicted molar refractivity (Wildman–Crippen MR) is 83.5 cm³/mol. The second-order valence-corrected chi connectivity index (χ2v) is 5.49. The van der Waals surface area contributed by atoms with Crippen molar-refractivity contribution in [3.8, 4) is 11.1 Å². The first kappa shape index (κ1) is 14.3. The van der Waals surface area contributed by atoms with Gasteiger partial charge < -0.3 is 10.0 Å². The van der Waals surface area contributed by atoms with Gasteiger partial charge in [-0.3, -0.25) is 9.59 Å². The van der Waals surface area contributed by atoms with E-state index < -0.39 is 11.9 Å². The maximum absolute atomic E-state index is 12.7. The summed E-state index contributed by atoms with van der Waals surface area (Å²) in [4.78, 5) is 25.4. The van der Waals surface area contributed by atoms with Gasteiger partial charge in [0, 0.05) is 18.7 Å². The highest BCUT2D eigenvalue weighted by molar-refractivity contribution is 6.01. The van der Waals surface area contributed by atoms with Gasteiger partial charge in [0.1, 0.15) is 0 Å². The van der Waals surface area contributed by atoms with Gasteiger partial charge in [-0.2, -0.15) is 0 Å². The topological polar surface area (TPSA) is 57.6 Å². The summed E-state index contributed by atoms with van der Waals surface area (Å²) in [6.07, 6.45) is 0.522. The third kappa shape index (κ3) is 2.72. The van der Waals surface area contributed by atoms with Crippen LogP contribution in [0.3, 0.4) is 0 Å². The lowest BCUT2D eigenvalue weighted by atomic mass is 9.99. The van der Waals surface area contributed by atoms with E-state index in [2.05, 4.69) is 0 Å². The highest BCUT2D eigenvalue weighted by Crippen LogP contribution is 2.26. The Morgan fingerprint density at radius 1 is 1.00 bits per heavy atom. The molecule has 0 bridgehead atoms. The van der Waals surface area contributed by atoms with Crippen molar-refractivity contribution in [2.75, 3.05) is 13.1 Å². The zero-order valence-corrected chi connectivity index (χ0v) is 12.1. The Morgan fingerprint density at radius 2 is 1.68 bits per heavy atom. The fourth-order valence-electron chi connectivity index (χ4n) is 2.86. The number of hydrogen-bond donors (Lipinski definition) is 1. The number of hydrogen-bond acceptors (Lipinski definition) is 2. The van der Waals surface area contributed by atoms with Crippen LogP contribution in [0, 0.1) is 5.92 Å². The molecule has 1 heterocycles. The number of benzene rings is 2. The van der Waals surface area contributed by atoms with Crippen LogP contribution in [0.5, 0.6) is 0 Å². The van der Waals surface area contributed by atoms with E-state index in [9.17, 15) is 9.59 Å². The summed E-state index contributed by atoms with van der Waals surface area (Å²) in [6.45, 7) is 0.788. The molecule has 2 aromatic rings. The van der Waals surface area contributed by atoms with Crippen LogP contribution in [0.2, 0.25) is 0 Å². The van der Waals surface area contributed by atoms with Gasteiger partial charge in [0.15, 0.2) is 0 Å². The molecule has 2 aromatic carbocycles. The van der Waals surface area contributed by atoms with Gasteiger partial charge in [-0.15, -0.1) is 0 Å². The molecule has 0 aromatic heterocycles. The number of aliphatic carboxylic acids is 1. The molecule has 0 spiro atoms. The van der Waals surface area contributed by atoms with Crippen LogP contribution in [-0.4, -0.2) is 35.0 Å². The van der Waals surface area contributed by atoms with E-state index in [0.717, 1.165) is 11.1 Å². The first-order valence-corrected chi connectivity index (χ1v) is 7.33. The summed E-state index contributed by atoms with van der Waals surface area (Å²) in [7, 11) is 0. The van der Waals surface area contributed by atoms with Crippen molar-refractivity contribution < 1.29 is 14.7 Å². The Kier molecular flexibility index (Phi) is 3.92. The Morgan fingerprint density at radius 3 is 2.36 bits per heavy atom. The van der Waals surface area contributed by atoms with Crippen molar-refractivity contribution in [2.24, 2.45) is 5.92 Å². The van der Waals surface area contributed by atoms with E-state index >= 15 is 0 Å². The van der Waals surface area contributed by atoms with Gasteiger partial charge in [-0.05, 0) is 23.6 Å². The lowest BCUT2D eigenvalue weighted by Crippen LogP contribution is -2.30. The fraction of sp³-hybridized carbons (Fsp3) is 0.222. The van der Waals surface area contributed by atoms with Crippen molar-refractivity contribution in [3.05, 3.63) is 60.2 Å². The molecule has 4 nitrogen and oxygen atoms in total. The standard InChI is InChI=1S/C18H17NO3/c20-17(19-11-10-14(12-19)18(21)22)16-9-5-4-8-15(16)13-6-2-1-3-7-13/h1-9,14H,10-12H2,(H,21,22)/t14-/m0/s1. The van der Waals surface area contributed by atoms with Crippen LogP contribution >= 0.6 is 0 Å². The highest BCUT2D eigenvalue weighted by Gasteiger charge is 2.31. The molecule has 1 aliphatic heterocycles. The first-order valence-electron chi connectivity index (χ1n) is 7.33. The van der Waals surface area contributed by atoms with Crippen molar-refractivity contribution >= 4 is 11.9 Å². The minimum Gasteiger partial charge on any atom is -0.481 e. The summed E-state index contributed by atoms with van der Waals surface area (Å²) < 4.78 is 0. The van der Waals surface area contributed by atoms with E-state index in [0.29, 0.717) is 18.5 Å². The average molecular weight is 295 g/mol. The normalized spacial score (nSPS) is 17.5. The van der Waals surface area contributed by atoms with Crippen LogP contribution < -0.4 is 0 Å². The van der Waals surface area contributed by atoms with Crippen LogP contribution in [0.25, 0.3) is 11.1 Å². The molecule has 1 aliphatic rings. The number of nitrogens with zero attached hydrogens (tertiary/aromatic N) is 1. The van der Waals surface area contributed by atoms with E-state index in [4.69, 9.17) is 5.11 Å². The largest absolute Gasteiger partial charge is 0.481 e. The molecule has 1 amide bonds. The number of carbonyl (C=O) groups is 2. The van der Waals surface area contributed by atoms with E-state index in [1.54, 1.807) is 11.0 Å². The zero-order chi connectivity index (χ0) is 15.5. The number of carboxylic acids is 1. The molecular formula is C18H17NO3. The summed E-state index contributed by atoms with van der Waals surface area (Å²) in [5.74, 6) is -1.37. The van der Waals surface area contributed by atoms with Crippen LogP contribution in [0.4, 0.5) is 0 Å². The fourth-order valence-corrected chi connectivity index (χ4v) is 2.86.